The minimum atomic E-state index is -5.20. The van der Waals surface area contributed by atoms with Gasteiger partial charge < -0.3 is 38.2 Å². The quantitative estimate of drug-likeness (QED) is 0.0527. The highest BCUT2D eigenvalue weighted by molar-refractivity contribution is 8.19. The highest BCUT2D eigenvalue weighted by atomic mass is 32.3. The van der Waals surface area contributed by atoms with Crippen LogP contribution in [0, 0.1) is 0 Å². The molecule has 44 heavy (non-hydrogen) atoms. The van der Waals surface area contributed by atoms with Crippen LogP contribution in [0.15, 0.2) is 101 Å². The van der Waals surface area contributed by atoms with Gasteiger partial charge in [0.25, 0.3) is 20.2 Å². The van der Waals surface area contributed by atoms with Crippen molar-refractivity contribution in [1.29, 1.82) is 0 Å². The number of benzene rings is 4. The zero-order valence-corrected chi connectivity index (χ0v) is 24.7. The average molecular weight is 692 g/mol. The van der Waals surface area contributed by atoms with Crippen LogP contribution in [0.5, 0.6) is 5.75 Å². The van der Waals surface area contributed by atoms with Crippen molar-refractivity contribution in [3.05, 3.63) is 60.7 Å². The third-order valence-corrected chi connectivity index (χ3v) is 9.31. The molecule has 0 spiro atoms. The number of nitrogens with two attached hydrogens (primary N) is 1. The van der Waals surface area contributed by atoms with Crippen molar-refractivity contribution in [2.45, 2.75) is 19.6 Å². The SMILES string of the molecule is Nc1c(N=Nc2ccccc2S(=O)(=O)O)c(S(=O)(=O)O)cc2cc(S(O)(O)O)c(N=Nc3ccccc3S(O)(O)O)c(O)c12. The Morgan fingerprint density at radius 2 is 0.977 bits per heavy atom. The van der Waals surface area contributed by atoms with Crippen LogP contribution in [0.4, 0.5) is 28.4 Å². The van der Waals surface area contributed by atoms with Gasteiger partial charge in [0, 0.05) is 0 Å². The molecular formula is C22H21N5O13S4. The fourth-order valence-electron chi connectivity index (χ4n) is 3.85. The van der Waals surface area contributed by atoms with E-state index in [9.17, 15) is 58.4 Å². The Morgan fingerprint density at radius 3 is 1.48 bits per heavy atom. The zero-order valence-electron chi connectivity index (χ0n) is 21.4. The third-order valence-electron chi connectivity index (χ3n) is 5.71. The van der Waals surface area contributed by atoms with E-state index < -0.39 is 101 Å². The van der Waals surface area contributed by atoms with E-state index >= 15 is 0 Å². The monoisotopic (exact) mass is 691 g/mol. The summed E-state index contributed by atoms with van der Waals surface area (Å²) in [4.78, 5) is -3.20. The number of phenolic OH excluding ortho intramolecular Hbond substituents is 1. The molecule has 0 saturated carbocycles. The Balaban J connectivity index is 2.04. The van der Waals surface area contributed by atoms with E-state index in [2.05, 4.69) is 20.5 Å². The van der Waals surface area contributed by atoms with Gasteiger partial charge in [-0.2, -0.15) is 16.8 Å². The average Bonchev–Trinajstić information content (AvgIpc) is 2.89. The second-order valence-electron chi connectivity index (χ2n) is 8.63. The molecule has 4 aromatic carbocycles. The fourth-order valence-corrected chi connectivity index (χ4v) is 6.48. The summed E-state index contributed by atoms with van der Waals surface area (Å²) in [5, 5.41) is 24.8. The largest absolute Gasteiger partial charge is 0.505 e. The molecule has 0 atom stereocenters. The van der Waals surface area contributed by atoms with E-state index in [0.717, 1.165) is 30.3 Å². The summed E-state index contributed by atoms with van der Waals surface area (Å²) in [5.41, 5.74) is 2.83. The molecule has 22 heteroatoms. The minimum Gasteiger partial charge on any atom is -0.505 e. The number of azo groups is 2. The summed E-state index contributed by atoms with van der Waals surface area (Å²) in [6, 6.07) is 10.9. The van der Waals surface area contributed by atoms with Gasteiger partial charge in [0.15, 0.2) is 5.75 Å². The molecule has 0 aliphatic heterocycles. The van der Waals surface area contributed by atoms with Crippen molar-refractivity contribution in [2.24, 2.45) is 20.5 Å². The minimum absolute atomic E-state index is 0.364. The van der Waals surface area contributed by atoms with Crippen LogP contribution >= 0.6 is 21.7 Å². The standard InChI is InChI=1S/C22H21N5O13S4/c23-19-18-11(9-16(43(35,36)37)20(19)26-24-12-5-1-3-7-14(12)41(29,30)31)10-17(44(38,39)40)21(22(18)28)27-25-13-6-2-4-8-15(13)42(32,33)34/h1-10,28,32-34,38-40H,23H2,(H,29,30,31)(H,35,36,37). The van der Waals surface area contributed by atoms with Gasteiger partial charge in [0.05, 0.1) is 20.9 Å². The van der Waals surface area contributed by atoms with E-state index in [1.165, 1.54) is 24.3 Å². The number of hydrogen-bond donors (Lipinski definition) is 10. The maximum Gasteiger partial charge on any atom is 0.296 e. The van der Waals surface area contributed by atoms with Crippen molar-refractivity contribution < 1.29 is 58.4 Å². The number of nitrogens with zero attached hydrogens (tertiary/aromatic N) is 4. The van der Waals surface area contributed by atoms with Crippen LogP contribution in [0.25, 0.3) is 10.8 Å². The first-order chi connectivity index (χ1) is 20.2. The van der Waals surface area contributed by atoms with E-state index in [0.29, 0.717) is 6.07 Å². The van der Waals surface area contributed by atoms with E-state index in [1.54, 1.807) is 0 Å². The number of aromatic hydroxyl groups is 1. The summed E-state index contributed by atoms with van der Waals surface area (Å²) in [7, 11) is -19.1. The molecule has 11 N–H and O–H groups in total. The number of rotatable bonds is 8. The van der Waals surface area contributed by atoms with Crippen LogP contribution in [0.1, 0.15) is 0 Å². The van der Waals surface area contributed by atoms with Gasteiger partial charge in [-0.05, 0) is 41.8 Å². The summed E-state index contributed by atoms with van der Waals surface area (Å²) >= 11 is 0. The molecule has 0 unspecified atom stereocenters. The van der Waals surface area contributed by atoms with Gasteiger partial charge in [0.1, 0.15) is 54.3 Å². The normalized spacial score (nSPS) is 14.1. The lowest BCUT2D eigenvalue weighted by atomic mass is 10.1. The topological polar surface area (TPSA) is 326 Å². The highest BCUT2D eigenvalue weighted by Crippen LogP contribution is 2.57. The molecule has 4 rings (SSSR count). The van der Waals surface area contributed by atoms with Crippen molar-refractivity contribution in [1.82, 2.24) is 0 Å². The van der Waals surface area contributed by atoms with Crippen molar-refractivity contribution in [3.8, 4) is 5.75 Å². The van der Waals surface area contributed by atoms with Crippen LogP contribution in [-0.2, 0) is 20.2 Å². The molecule has 0 aliphatic rings. The first kappa shape index (κ1) is 33.1. The van der Waals surface area contributed by atoms with E-state index in [4.69, 9.17) is 5.73 Å². The van der Waals surface area contributed by atoms with Crippen molar-refractivity contribution in [3.63, 3.8) is 0 Å². The lowest BCUT2D eigenvalue weighted by Crippen LogP contribution is -2.03. The number of nitrogen functional groups attached to an aromatic ring is 1. The van der Waals surface area contributed by atoms with Crippen molar-refractivity contribution in [2.75, 3.05) is 5.73 Å². The summed E-state index contributed by atoms with van der Waals surface area (Å²) in [6.07, 6.45) is 0. The van der Waals surface area contributed by atoms with Gasteiger partial charge >= 0.3 is 0 Å². The Labute approximate surface area is 251 Å². The number of phenols is 1. The Bertz CT molecular complexity index is 2080. The lowest BCUT2D eigenvalue weighted by molar-refractivity contribution is 0.373. The lowest BCUT2D eigenvalue weighted by Gasteiger charge is -2.23. The summed E-state index contributed by atoms with van der Waals surface area (Å²) < 4.78 is 126. The van der Waals surface area contributed by atoms with Crippen LogP contribution in [0.3, 0.4) is 0 Å². The summed E-state index contributed by atoms with van der Waals surface area (Å²) in [5.74, 6) is -1.06. The van der Waals surface area contributed by atoms with Gasteiger partial charge in [-0.25, -0.2) is 0 Å². The number of fused-ring (bicyclic) bond motifs is 1. The maximum absolute atomic E-state index is 12.3. The smallest absolute Gasteiger partial charge is 0.296 e. The van der Waals surface area contributed by atoms with Crippen LogP contribution in [-0.4, -0.2) is 58.4 Å². The highest BCUT2D eigenvalue weighted by Gasteiger charge is 2.30. The Morgan fingerprint density at radius 1 is 0.545 bits per heavy atom. The molecule has 0 radical (unpaired) electrons. The fraction of sp³-hybridized carbons (Fsp3) is 0. The van der Waals surface area contributed by atoms with Gasteiger partial charge in [-0.1, -0.05) is 24.3 Å². The maximum atomic E-state index is 12.3. The molecule has 0 saturated heterocycles. The zero-order chi connectivity index (χ0) is 32.8. The van der Waals surface area contributed by atoms with Gasteiger partial charge in [-0.3, -0.25) is 9.11 Å². The molecule has 0 bridgehead atoms. The first-order valence-corrected chi connectivity index (χ1v) is 17.2. The Hall–Kier alpha value is -3.78. The molecule has 0 aliphatic carbocycles. The molecule has 0 amide bonds. The van der Waals surface area contributed by atoms with Gasteiger partial charge in [0.2, 0.25) is 0 Å². The van der Waals surface area contributed by atoms with E-state index in [1.807, 2.05) is 0 Å². The third kappa shape index (κ3) is 6.80. The predicted octanol–water partition coefficient (Wildman–Crippen LogP) is 6.62. The molecule has 0 aromatic heterocycles. The molecular weight excluding hydrogens is 671 g/mol. The second kappa shape index (κ2) is 11.6. The molecule has 18 nitrogen and oxygen atoms in total. The predicted molar refractivity (Wildman–Crippen MR) is 158 cm³/mol. The number of hydrogen-bond acceptors (Lipinski definition) is 16. The number of anilines is 1. The van der Waals surface area contributed by atoms with Crippen LogP contribution in [0.2, 0.25) is 0 Å². The van der Waals surface area contributed by atoms with E-state index in [-0.39, 0.29) is 5.69 Å². The first-order valence-electron chi connectivity index (χ1n) is 11.3. The van der Waals surface area contributed by atoms with Crippen molar-refractivity contribution >= 4 is 81.2 Å². The molecule has 236 valence electrons. The molecule has 0 fully saturated rings. The van der Waals surface area contributed by atoms with Crippen LogP contribution < -0.4 is 5.73 Å². The Kier molecular flexibility index (Phi) is 8.75. The molecule has 0 heterocycles. The second-order valence-corrected chi connectivity index (χ2v) is 14.4. The van der Waals surface area contributed by atoms with Gasteiger partial charge in [-0.15, -0.1) is 20.5 Å². The molecule has 4 aromatic rings. The summed E-state index contributed by atoms with van der Waals surface area (Å²) in [6.45, 7) is 0.